The van der Waals surface area contributed by atoms with E-state index in [1.165, 1.54) is 0 Å². The number of carbonyl (C=O) groups excluding carboxylic acids is 1. The first kappa shape index (κ1) is 20.1. The number of hydrogen-bond donors (Lipinski definition) is 4. The quantitative estimate of drug-likeness (QED) is 0.447. The summed E-state index contributed by atoms with van der Waals surface area (Å²) in [5.74, 6) is -3.20. The van der Waals surface area contributed by atoms with Crippen LogP contribution < -0.4 is 16.6 Å². The predicted octanol–water partition coefficient (Wildman–Crippen LogP) is 0.768. The fourth-order valence-electron chi connectivity index (χ4n) is 2.42. The van der Waals surface area contributed by atoms with Crippen LogP contribution in [0.15, 0.2) is 33.1 Å². The third-order valence-electron chi connectivity index (χ3n) is 3.81. The van der Waals surface area contributed by atoms with E-state index in [-0.39, 0.29) is 0 Å². The molecule has 0 aliphatic heterocycles. The normalized spacial score (nSPS) is 17.1. The Morgan fingerprint density at radius 3 is 2.67 bits per heavy atom. The van der Waals surface area contributed by atoms with Crippen molar-refractivity contribution in [1.29, 1.82) is 5.41 Å². The summed E-state index contributed by atoms with van der Waals surface area (Å²) in [5, 5.41) is 19.8. The molecule has 0 saturated carbocycles. The molecule has 1 aromatic heterocycles. The number of halogens is 4. The maximum atomic E-state index is 13.3. The Morgan fingerprint density at radius 1 is 1.44 bits per heavy atom. The predicted molar refractivity (Wildman–Crippen MR) is 85.3 cm³/mol. The number of nitrogens with one attached hydrogen (secondary N) is 3. The fraction of sp³-hybridized carbons (Fsp3) is 0.333. The van der Waals surface area contributed by atoms with Crippen molar-refractivity contribution in [3.05, 3.63) is 50.0 Å². The first-order valence-corrected chi connectivity index (χ1v) is 7.45. The second-order valence-corrected chi connectivity index (χ2v) is 5.73. The molecule has 1 aliphatic carbocycles. The van der Waals surface area contributed by atoms with Crippen LogP contribution in [-0.4, -0.2) is 38.5 Å². The molecule has 4 N–H and O–H groups in total. The first-order valence-electron chi connectivity index (χ1n) is 7.45. The van der Waals surface area contributed by atoms with Gasteiger partial charge in [-0.05, 0) is 6.08 Å². The van der Waals surface area contributed by atoms with Crippen molar-refractivity contribution in [1.82, 2.24) is 14.9 Å². The van der Waals surface area contributed by atoms with Gasteiger partial charge < -0.3 is 15.8 Å². The van der Waals surface area contributed by atoms with Gasteiger partial charge in [-0.25, -0.2) is 9.18 Å². The van der Waals surface area contributed by atoms with E-state index in [0.29, 0.717) is 10.6 Å². The van der Waals surface area contributed by atoms with Crippen LogP contribution in [0.4, 0.5) is 17.6 Å². The van der Waals surface area contributed by atoms with Crippen molar-refractivity contribution >= 4 is 11.6 Å². The van der Waals surface area contributed by atoms with Crippen molar-refractivity contribution in [2.24, 2.45) is 7.05 Å². The van der Waals surface area contributed by atoms with Crippen molar-refractivity contribution in [3.63, 3.8) is 0 Å². The van der Waals surface area contributed by atoms with Crippen LogP contribution in [0.5, 0.6) is 5.88 Å². The lowest BCUT2D eigenvalue weighted by molar-refractivity contribution is -0.120. The number of nitrogens with zero attached hydrogens (tertiary/aromatic N) is 1. The number of aromatic hydroxyl groups is 1. The molecule has 2 rings (SSSR count). The summed E-state index contributed by atoms with van der Waals surface area (Å²) in [7, 11) is 1.12. The van der Waals surface area contributed by atoms with Gasteiger partial charge >= 0.3 is 11.9 Å². The number of allylic oxidation sites excluding steroid dienone is 2. The number of aromatic nitrogens is 2. The van der Waals surface area contributed by atoms with Crippen LogP contribution in [0.1, 0.15) is 18.4 Å². The number of aromatic amines is 1. The van der Waals surface area contributed by atoms with Gasteiger partial charge in [-0.2, -0.15) is 13.2 Å². The zero-order valence-electron chi connectivity index (χ0n) is 13.8. The number of amides is 1. The SMILES string of the molecule is Cn1c(O)c(C(=N)CC(=O)NC2C=CC(F)=C(C(F)(F)F)C2)c(=O)[nH]c1=O. The van der Waals surface area contributed by atoms with Gasteiger partial charge in [-0.15, -0.1) is 0 Å². The Morgan fingerprint density at radius 2 is 2.07 bits per heavy atom. The molecule has 0 spiro atoms. The molecular formula is C15H14F4N4O4. The van der Waals surface area contributed by atoms with E-state index in [1.54, 1.807) is 0 Å². The lowest BCUT2D eigenvalue weighted by atomic mass is 9.99. The highest BCUT2D eigenvalue weighted by atomic mass is 19.4. The molecule has 0 fully saturated rings. The van der Waals surface area contributed by atoms with Crippen LogP contribution in [0, 0.1) is 5.41 Å². The topological polar surface area (TPSA) is 128 Å². The average Bonchev–Trinajstić information content (AvgIpc) is 2.53. The number of carbonyl (C=O) groups is 1. The number of rotatable bonds is 4. The molecule has 1 unspecified atom stereocenters. The first-order chi connectivity index (χ1) is 12.4. The van der Waals surface area contributed by atoms with E-state index in [9.17, 15) is 37.1 Å². The Kier molecular flexibility index (Phi) is 5.38. The van der Waals surface area contributed by atoms with Gasteiger partial charge in [-0.1, -0.05) is 6.08 Å². The van der Waals surface area contributed by atoms with Gasteiger partial charge in [0.2, 0.25) is 11.8 Å². The minimum atomic E-state index is -4.89. The van der Waals surface area contributed by atoms with Gasteiger partial charge in [0.15, 0.2) is 0 Å². The van der Waals surface area contributed by atoms with E-state index in [0.717, 1.165) is 13.1 Å². The monoisotopic (exact) mass is 390 g/mol. The molecule has 0 radical (unpaired) electrons. The summed E-state index contributed by atoms with van der Waals surface area (Å²) in [4.78, 5) is 36.9. The second kappa shape index (κ2) is 7.21. The Hall–Kier alpha value is -3.18. The lowest BCUT2D eigenvalue weighted by Crippen LogP contribution is -2.38. The largest absolute Gasteiger partial charge is 0.494 e. The van der Waals surface area contributed by atoms with E-state index >= 15 is 0 Å². The molecule has 12 heteroatoms. The van der Waals surface area contributed by atoms with Crippen LogP contribution in [0.2, 0.25) is 0 Å². The number of alkyl halides is 3. The molecule has 27 heavy (non-hydrogen) atoms. The Labute approximate surface area is 148 Å². The molecular weight excluding hydrogens is 376 g/mol. The molecule has 0 aromatic carbocycles. The summed E-state index contributed by atoms with van der Waals surface area (Å²) in [6, 6.07) is -1.16. The molecule has 1 heterocycles. The van der Waals surface area contributed by atoms with E-state index in [2.05, 4.69) is 5.32 Å². The smallest absolute Gasteiger partial charge is 0.415 e. The molecule has 1 atom stereocenters. The Bertz CT molecular complexity index is 971. The Balaban J connectivity index is 2.11. The summed E-state index contributed by atoms with van der Waals surface area (Å²) in [6.45, 7) is 0. The average molecular weight is 390 g/mol. The molecule has 8 nitrogen and oxygen atoms in total. The molecule has 1 aromatic rings. The van der Waals surface area contributed by atoms with E-state index in [4.69, 9.17) is 5.41 Å². The zero-order valence-corrected chi connectivity index (χ0v) is 13.8. The highest BCUT2D eigenvalue weighted by molar-refractivity contribution is 6.09. The van der Waals surface area contributed by atoms with E-state index in [1.807, 2.05) is 4.98 Å². The molecule has 1 aliphatic rings. The van der Waals surface area contributed by atoms with Gasteiger partial charge in [0.25, 0.3) is 5.56 Å². The summed E-state index contributed by atoms with van der Waals surface area (Å²) < 4.78 is 52.1. The number of hydrogen-bond acceptors (Lipinski definition) is 5. The molecule has 0 bridgehead atoms. The van der Waals surface area contributed by atoms with Crippen molar-refractivity contribution in [2.45, 2.75) is 25.1 Å². The van der Waals surface area contributed by atoms with Crippen molar-refractivity contribution in [3.8, 4) is 5.88 Å². The summed E-state index contributed by atoms with van der Waals surface area (Å²) >= 11 is 0. The van der Waals surface area contributed by atoms with Crippen LogP contribution >= 0.6 is 0 Å². The number of H-pyrrole nitrogens is 1. The van der Waals surface area contributed by atoms with Gasteiger partial charge in [-0.3, -0.25) is 19.1 Å². The van der Waals surface area contributed by atoms with Crippen molar-refractivity contribution in [2.75, 3.05) is 0 Å². The minimum Gasteiger partial charge on any atom is -0.494 e. The maximum Gasteiger partial charge on any atom is 0.415 e. The van der Waals surface area contributed by atoms with Gasteiger partial charge in [0.05, 0.1) is 23.7 Å². The summed E-state index contributed by atoms with van der Waals surface area (Å²) in [5.41, 5.74) is -4.71. The van der Waals surface area contributed by atoms with Crippen LogP contribution in [0.25, 0.3) is 0 Å². The third-order valence-corrected chi connectivity index (χ3v) is 3.81. The zero-order chi connectivity index (χ0) is 20.5. The minimum absolute atomic E-state index is 0.589. The fourth-order valence-corrected chi connectivity index (χ4v) is 2.42. The molecule has 0 saturated heterocycles. The lowest BCUT2D eigenvalue weighted by Gasteiger charge is -2.22. The standard InChI is InChI=1S/C15H14F4N4O4/c1-23-13(26)11(12(25)22-14(23)27)9(20)5-10(24)21-6-2-3-8(16)7(4-6)15(17,18)19/h2-3,6,20,26H,4-5H2,1H3,(H,21,24)(H,22,25,27). The molecule has 146 valence electrons. The van der Waals surface area contributed by atoms with Crippen LogP contribution in [-0.2, 0) is 11.8 Å². The second-order valence-electron chi connectivity index (χ2n) is 5.73. The van der Waals surface area contributed by atoms with E-state index < -0.39 is 70.8 Å². The summed E-state index contributed by atoms with van der Waals surface area (Å²) in [6.07, 6.45) is -4.85. The maximum absolute atomic E-state index is 13.3. The van der Waals surface area contributed by atoms with Gasteiger partial charge in [0, 0.05) is 13.5 Å². The highest BCUT2D eigenvalue weighted by Crippen LogP contribution is 2.35. The van der Waals surface area contributed by atoms with Crippen LogP contribution in [0.3, 0.4) is 0 Å². The van der Waals surface area contributed by atoms with Crippen molar-refractivity contribution < 1.29 is 27.5 Å². The molecule has 1 amide bonds. The van der Waals surface area contributed by atoms with Gasteiger partial charge in [0.1, 0.15) is 11.4 Å². The third kappa shape index (κ3) is 4.33. The highest BCUT2D eigenvalue weighted by Gasteiger charge is 2.39.